The first-order valence-electron chi connectivity index (χ1n) is 4.41. The van der Waals surface area contributed by atoms with Crippen LogP contribution in [0.25, 0.3) is 0 Å². The summed E-state index contributed by atoms with van der Waals surface area (Å²) in [6.07, 6.45) is 3.10. The minimum Gasteiger partial charge on any atom is -0.302 e. The van der Waals surface area contributed by atoms with Crippen LogP contribution < -0.4 is 0 Å². The highest BCUT2D eigenvalue weighted by Crippen LogP contribution is 2.46. The van der Waals surface area contributed by atoms with E-state index in [2.05, 4.69) is 34.1 Å². The zero-order valence-electron chi connectivity index (χ0n) is 7.51. The lowest BCUT2D eigenvalue weighted by Gasteiger charge is -2.08. The molecule has 1 aromatic rings. The summed E-state index contributed by atoms with van der Waals surface area (Å²) in [6, 6.07) is 6.18. The molecular weight excluding hydrogens is 228 g/mol. The molecule has 2 rings (SSSR count). The largest absolute Gasteiger partial charge is 0.302 e. The zero-order chi connectivity index (χ0) is 9.47. The molecule has 0 heterocycles. The second kappa shape index (κ2) is 2.95. The minimum absolute atomic E-state index is 0.143. The van der Waals surface area contributed by atoms with Crippen molar-refractivity contribution in [3.05, 3.63) is 33.8 Å². The van der Waals surface area contributed by atoms with Gasteiger partial charge in [-0.25, -0.2) is 0 Å². The van der Waals surface area contributed by atoms with E-state index in [0.717, 1.165) is 29.2 Å². The molecular formula is C11H11BrO. The Labute approximate surface area is 86.3 Å². The molecule has 1 aliphatic carbocycles. The molecule has 1 saturated carbocycles. The third-order valence-electron chi connectivity index (χ3n) is 2.76. The highest BCUT2D eigenvalue weighted by molar-refractivity contribution is 9.10. The van der Waals surface area contributed by atoms with Crippen molar-refractivity contribution in [3.8, 4) is 0 Å². The van der Waals surface area contributed by atoms with Gasteiger partial charge in [0.15, 0.2) is 0 Å². The number of rotatable bonds is 2. The molecule has 0 saturated heterocycles. The van der Waals surface area contributed by atoms with E-state index >= 15 is 0 Å². The molecule has 0 spiro atoms. The lowest BCUT2D eigenvalue weighted by Crippen LogP contribution is -2.07. The van der Waals surface area contributed by atoms with Crippen LogP contribution in [0.2, 0.25) is 0 Å². The smallest absolute Gasteiger partial charge is 0.130 e. The van der Waals surface area contributed by atoms with E-state index in [0.29, 0.717) is 0 Å². The van der Waals surface area contributed by atoms with Crippen molar-refractivity contribution in [2.75, 3.05) is 0 Å². The number of carbonyl (C=O) groups is 1. The van der Waals surface area contributed by atoms with Crippen LogP contribution in [0.4, 0.5) is 0 Å². The molecule has 0 aliphatic heterocycles. The fourth-order valence-electron chi connectivity index (χ4n) is 1.51. The van der Waals surface area contributed by atoms with Gasteiger partial charge in [0.2, 0.25) is 0 Å². The lowest BCUT2D eigenvalue weighted by molar-refractivity contribution is -0.109. The predicted molar refractivity (Wildman–Crippen MR) is 55.9 cm³/mol. The third kappa shape index (κ3) is 1.44. The fraction of sp³-hybridized carbons (Fsp3) is 0.364. The van der Waals surface area contributed by atoms with Crippen LogP contribution in [0, 0.1) is 6.92 Å². The highest BCUT2D eigenvalue weighted by Gasteiger charge is 2.44. The monoisotopic (exact) mass is 238 g/mol. The maximum Gasteiger partial charge on any atom is 0.130 e. The summed E-state index contributed by atoms with van der Waals surface area (Å²) in [5.74, 6) is 0. The van der Waals surface area contributed by atoms with E-state index in [1.165, 1.54) is 5.56 Å². The van der Waals surface area contributed by atoms with E-state index in [-0.39, 0.29) is 5.41 Å². The summed E-state index contributed by atoms with van der Waals surface area (Å²) in [7, 11) is 0. The number of hydrogen-bond acceptors (Lipinski definition) is 1. The van der Waals surface area contributed by atoms with Gasteiger partial charge in [0, 0.05) is 4.47 Å². The molecule has 0 radical (unpaired) electrons. The first kappa shape index (κ1) is 8.95. The SMILES string of the molecule is Cc1ccc(C2(C=O)CC2)cc1Br. The average molecular weight is 239 g/mol. The number of benzene rings is 1. The molecule has 1 aliphatic rings. The molecule has 1 aromatic carbocycles. The van der Waals surface area contributed by atoms with Crippen molar-refractivity contribution in [1.82, 2.24) is 0 Å². The van der Waals surface area contributed by atoms with Gasteiger partial charge in [-0.15, -0.1) is 0 Å². The molecule has 0 atom stereocenters. The van der Waals surface area contributed by atoms with Gasteiger partial charge in [-0.2, -0.15) is 0 Å². The van der Waals surface area contributed by atoms with Crippen molar-refractivity contribution in [2.45, 2.75) is 25.2 Å². The maximum absolute atomic E-state index is 10.9. The van der Waals surface area contributed by atoms with Crippen LogP contribution in [-0.4, -0.2) is 6.29 Å². The molecule has 0 unspecified atom stereocenters. The second-order valence-corrected chi connectivity index (χ2v) is 4.59. The Kier molecular flexibility index (Phi) is 2.03. The van der Waals surface area contributed by atoms with Crippen molar-refractivity contribution in [3.63, 3.8) is 0 Å². The van der Waals surface area contributed by atoms with Crippen LogP contribution in [0.1, 0.15) is 24.0 Å². The van der Waals surface area contributed by atoms with Crippen LogP contribution >= 0.6 is 15.9 Å². The van der Waals surface area contributed by atoms with Crippen molar-refractivity contribution >= 4 is 22.2 Å². The number of hydrogen-bond donors (Lipinski definition) is 0. The highest BCUT2D eigenvalue weighted by atomic mass is 79.9. The first-order valence-corrected chi connectivity index (χ1v) is 5.20. The van der Waals surface area contributed by atoms with E-state index < -0.39 is 0 Å². The summed E-state index contributed by atoms with van der Waals surface area (Å²) < 4.78 is 1.10. The van der Waals surface area contributed by atoms with Crippen molar-refractivity contribution < 1.29 is 4.79 Å². The van der Waals surface area contributed by atoms with Gasteiger partial charge >= 0.3 is 0 Å². The maximum atomic E-state index is 10.9. The number of aryl methyl sites for hydroxylation is 1. The molecule has 1 fully saturated rings. The second-order valence-electron chi connectivity index (χ2n) is 3.74. The van der Waals surface area contributed by atoms with Crippen LogP contribution in [0.3, 0.4) is 0 Å². The van der Waals surface area contributed by atoms with E-state index in [1.54, 1.807) is 0 Å². The Balaban J connectivity index is 2.42. The zero-order valence-corrected chi connectivity index (χ0v) is 9.10. The molecule has 13 heavy (non-hydrogen) atoms. The van der Waals surface area contributed by atoms with Gasteiger partial charge in [-0.3, -0.25) is 0 Å². The van der Waals surface area contributed by atoms with Gasteiger partial charge in [0.1, 0.15) is 6.29 Å². The minimum atomic E-state index is -0.143. The van der Waals surface area contributed by atoms with Gasteiger partial charge < -0.3 is 4.79 Å². The molecule has 68 valence electrons. The molecule has 0 N–H and O–H groups in total. The van der Waals surface area contributed by atoms with Gasteiger partial charge in [0.25, 0.3) is 0 Å². The average Bonchev–Trinajstić information content (AvgIpc) is 2.90. The van der Waals surface area contributed by atoms with Gasteiger partial charge in [0.05, 0.1) is 5.41 Å². The molecule has 0 bridgehead atoms. The molecule has 0 aromatic heterocycles. The fourth-order valence-corrected chi connectivity index (χ4v) is 1.89. The molecule has 2 heteroatoms. The van der Waals surface area contributed by atoms with Crippen molar-refractivity contribution in [1.29, 1.82) is 0 Å². The standard InChI is InChI=1S/C11H11BrO/c1-8-2-3-9(6-10(8)12)11(7-13)4-5-11/h2-3,6-7H,4-5H2,1H3. The Morgan fingerprint density at radius 3 is 2.62 bits per heavy atom. The van der Waals surface area contributed by atoms with Gasteiger partial charge in [-0.05, 0) is 37.0 Å². The first-order chi connectivity index (χ1) is 6.18. The van der Waals surface area contributed by atoms with Crippen LogP contribution in [0.5, 0.6) is 0 Å². The predicted octanol–water partition coefficient (Wildman–Crippen LogP) is 2.99. The molecule has 0 amide bonds. The topological polar surface area (TPSA) is 17.1 Å². The summed E-state index contributed by atoms with van der Waals surface area (Å²) in [5.41, 5.74) is 2.22. The summed E-state index contributed by atoms with van der Waals surface area (Å²) in [6.45, 7) is 2.05. The third-order valence-corrected chi connectivity index (χ3v) is 3.62. The number of carbonyl (C=O) groups excluding carboxylic acids is 1. The summed E-state index contributed by atoms with van der Waals surface area (Å²) in [5, 5.41) is 0. The normalized spacial score (nSPS) is 18.3. The van der Waals surface area contributed by atoms with Crippen LogP contribution in [-0.2, 0) is 10.2 Å². The van der Waals surface area contributed by atoms with Crippen LogP contribution in [0.15, 0.2) is 22.7 Å². The lowest BCUT2D eigenvalue weighted by atomic mass is 9.97. The Morgan fingerprint density at radius 2 is 2.15 bits per heavy atom. The Morgan fingerprint density at radius 1 is 1.46 bits per heavy atom. The Hall–Kier alpha value is -0.630. The number of aldehydes is 1. The Bertz CT molecular complexity index is 353. The quantitative estimate of drug-likeness (QED) is 0.725. The van der Waals surface area contributed by atoms with E-state index in [1.807, 2.05) is 6.92 Å². The van der Waals surface area contributed by atoms with E-state index in [4.69, 9.17) is 0 Å². The van der Waals surface area contributed by atoms with E-state index in [9.17, 15) is 4.79 Å². The molecule has 1 nitrogen and oxygen atoms in total. The number of halogens is 1. The van der Waals surface area contributed by atoms with Crippen molar-refractivity contribution in [2.24, 2.45) is 0 Å². The van der Waals surface area contributed by atoms with Gasteiger partial charge in [-0.1, -0.05) is 28.1 Å². The summed E-state index contributed by atoms with van der Waals surface area (Å²) in [4.78, 5) is 10.9. The summed E-state index contributed by atoms with van der Waals surface area (Å²) >= 11 is 3.48.